The second kappa shape index (κ2) is 6.29. The van der Waals surface area contributed by atoms with Crippen molar-refractivity contribution in [3.05, 3.63) is 29.8 Å². The average Bonchev–Trinajstić information content (AvgIpc) is 2.39. The van der Waals surface area contributed by atoms with Crippen LogP contribution in [-0.2, 0) is 15.0 Å². The Kier molecular flexibility index (Phi) is 4.66. The Balaban J connectivity index is 1.91. The van der Waals surface area contributed by atoms with Gasteiger partial charge < -0.3 is 14.4 Å². The number of amides is 1. The third kappa shape index (κ3) is 3.84. The molecule has 2 rings (SSSR count). The number of para-hydroxylation sites is 1. The van der Waals surface area contributed by atoms with Crippen LogP contribution >= 0.6 is 0 Å². The molecule has 0 N–H and O–H groups in total. The number of rotatable bonds is 5. The third-order valence-corrected chi connectivity index (χ3v) is 3.67. The zero-order valence-corrected chi connectivity index (χ0v) is 13.0. The van der Waals surface area contributed by atoms with E-state index in [0.717, 1.165) is 12.0 Å². The predicted octanol–water partition coefficient (Wildman–Crippen LogP) is 2.55. The van der Waals surface area contributed by atoms with Crippen molar-refractivity contribution in [1.29, 1.82) is 0 Å². The molecule has 0 spiro atoms. The molecule has 0 radical (unpaired) electrons. The molecular weight excluding hydrogens is 266 g/mol. The van der Waals surface area contributed by atoms with Crippen molar-refractivity contribution >= 4 is 12.2 Å². The molecular formula is C17H23NO3. The van der Waals surface area contributed by atoms with E-state index >= 15 is 0 Å². The summed E-state index contributed by atoms with van der Waals surface area (Å²) in [7, 11) is 0. The van der Waals surface area contributed by atoms with Crippen molar-refractivity contribution in [3.63, 3.8) is 0 Å². The molecule has 1 aliphatic rings. The van der Waals surface area contributed by atoms with Crippen molar-refractivity contribution in [1.82, 2.24) is 4.90 Å². The highest BCUT2D eigenvalue weighted by Gasteiger charge is 2.32. The van der Waals surface area contributed by atoms with Crippen LogP contribution in [0.4, 0.5) is 0 Å². The molecule has 1 amide bonds. The van der Waals surface area contributed by atoms with Gasteiger partial charge in [-0.2, -0.15) is 0 Å². The lowest BCUT2D eigenvalue weighted by molar-refractivity contribution is -0.140. The lowest BCUT2D eigenvalue weighted by atomic mass is 9.86. The molecule has 4 nitrogen and oxygen atoms in total. The SMILES string of the molecule is CC(C)(C)c1ccccc1OC1CN(C(=O)CCC=O)C1. The van der Waals surface area contributed by atoms with Gasteiger partial charge in [0.25, 0.3) is 0 Å². The number of nitrogens with zero attached hydrogens (tertiary/aromatic N) is 1. The Morgan fingerprint density at radius 1 is 1.33 bits per heavy atom. The molecule has 0 atom stereocenters. The van der Waals surface area contributed by atoms with E-state index in [0.29, 0.717) is 25.9 Å². The molecule has 1 fully saturated rings. The summed E-state index contributed by atoms with van der Waals surface area (Å²) in [5.41, 5.74) is 1.20. The molecule has 0 bridgehead atoms. The van der Waals surface area contributed by atoms with E-state index in [4.69, 9.17) is 4.74 Å². The van der Waals surface area contributed by atoms with Gasteiger partial charge >= 0.3 is 0 Å². The van der Waals surface area contributed by atoms with Crippen LogP contribution in [0.3, 0.4) is 0 Å². The number of carbonyl (C=O) groups is 2. The largest absolute Gasteiger partial charge is 0.486 e. The topological polar surface area (TPSA) is 46.6 Å². The first-order chi connectivity index (χ1) is 9.91. The van der Waals surface area contributed by atoms with Crippen molar-refractivity contribution in [2.45, 2.75) is 45.1 Å². The van der Waals surface area contributed by atoms with Crippen LogP contribution in [-0.4, -0.2) is 36.3 Å². The minimum Gasteiger partial charge on any atom is -0.486 e. The molecule has 21 heavy (non-hydrogen) atoms. The summed E-state index contributed by atoms with van der Waals surface area (Å²) in [6.45, 7) is 7.69. The number of ether oxygens (including phenoxy) is 1. The highest BCUT2D eigenvalue weighted by Crippen LogP contribution is 2.32. The van der Waals surface area contributed by atoms with E-state index in [1.807, 2.05) is 18.2 Å². The summed E-state index contributed by atoms with van der Waals surface area (Å²) < 4.78 is 6.03. The summed E-state index contributed by atoms with van der Waals surface area (Å²) in [5.74, 6) is 0.932. The van der Waals surface area contributed by atoms with Gasteiger partial charge in [0.15, 0.2) is 0 Å². The van der Waals surface area contributed by atoms with Gasteiger partial charge in [-0.1, -0.05) is 39.0 Å². The highest BCUT2D eigenvalue weighted by atomic mass is 16.5. The second-order valence-electron chi connectivity index (χ2n) is 6.49. The molecule has 0 aromatic heterocycles. The number of carbonyl (C=O) groups excluding carboxylic acids is 2. The van der Waals surface area contributed by atoms with Crippen LogP contribution in [0.2, 0.25) is 0 Å². The van der Waals surface area contributed by atoms with Gasteiger partial charge in [-0.25, -0.2) is 0 Å². The van der Waals surface area contributed by atoms with Gasteiger partial charge in [-0.15, -0.1) is 0 Å². The summed E-state index contributed by atoms with van der Waals surface area (Å²) in [5, 5.41) is 0. The Morgan fingerprint density at radius 3 is 2.62 bits per heavy atom. The molecule has 0 aliphatic carbocycles. The van der Waals surface area contributed by atoms with Crippen LogP contribution in [0.25, 0.3) is 0 Å². The number of hydrogen-bond donors (Lipinski definition) is 0. The average molecular weight is 289 g/mol. The first-order valence-electron chi connectivity index (χ1n) is 7.39. The molecule has 1 heterocycles. The Bertz CT molecular complexity index is 513. The lowest BCUT2D eigenvalue weighted by Crippen LogP contribution is -2.56. The van der Waals surface area contributed by atoms with Gasteiger partial charge in [-0.3, -0.25) is 4.79 Å². The monoisotopic (exact) mass is 289 g/mol. The number of aldehydes is 1. The summed E-state index contributed by atoms with van der Waals surface area (Å²) in [6, 6.07) is 8.05. The third-order valence-electron chi connectivity index (χ3n) is 3.67. The smallest absolute Gasteiger partial charge is 0.223 e. The number of likely N-dealkylation sites (tertiary alicyclic amines) is 1. The first kappa shape index (κ1) is 15.5. The fourth-order valence-corrected chi connectivity index (χ4v) is 2.43. The molecule has 1 aromatic rings. The number of benzene rings is 1. The first-order valence-corrected chi connectivity index (χ1v) is 7.39. The normalized spacial score (nSPS) is 15.5. The van der Waals surface area contributed by atoms with Gasteiger partial charge in [0, 0.05) is 12.8 Å². The van der Waals surface area contributed by atoms with Crippen LogP contribution in [0.5, 0.6) is 5.75 Å². The minimum absolute atomic E-state index is 0.0276. The van der Waals surface area contributed by atoms with E-state index in [9.17, 15) is 9.59 Å². The zero-order chi connectivity index (χ0) is 15.5. The fraction of sp³-hybridized carbons (Fsp3) is 0.529. The van der Waals surface area contributed by atoms with Crippen molar-refractivity contribution in [3.8, 4) is 5.75 Å². The maximum Gasteiger partial charge on any atom is 0.223 e. The van der Waals surface area contributed by atoms with Gasteiger partial charge in [0.1, 0.15) is 18.1 Å². The Labute approximate surface area is 126 Å². The standard InChI is InChI=1S/C17H23NO3/c1-17(2,3)14-7-4-5-8-15(14)21-13-11-18(12-13)16(20)9-6-10-19/h4-5,7-8,10,13H,6,9,11-12H2,1-3H3. The molecule has 114 valence electrons. The minimum atomic E-state index is 0.0276. The summed E-state index contributed by atoms with van der Waals surface area (Å²) >= 11 is 0. The van der Waals surface area contributed by atoms with E-state index in [1.165, 1.54) is 5.56 Å². The fourth-order valence-electron chi connectivity index (χ4n) is 2.43. The summed E-state index contributed by atoms with van der Waals surface area (Å²) in [4.78, 5) is 23.7. The lowest BCUT2D eigenvalue weighted by Gasteiger charge is -2.39. The van der Waals surface area contributed by atoms with E-state index in [2.05, 4.69) is 26.8 Å². The van der Waals surface area contributed by atoms with E-state index in [-0.39, 0.29) is 17.4 Å². The van der Waals surface area contributed by atoms with Crippen molar-refractivity contribution in [2.24, 2.45) is 0 Å². The molecule has 0 unspecified atom stereocenters. The maximum atomic E-state index is 11.7. The van der Waals surface area contributed by atoms with Crippen LogP contribution in [0.1, 0.15) is 39.2 Å². The van der Waals surface area contributed by atoms with E-state index in [1.54, 1.807) is 4.90 Å². The Hall–Kier alpha value is -1.84. The quantitative estimate of drug-likeness (QED) is 0.783. The second-order valence-corrected chi connectivity index (χ2v) is 6.49. The molecule has 4 heteroatoms. The van der Waals surface area contributed by atoms with Crippen LogP contribution < -0.4 is 4.74 Å². The molecule has 1 saturated heterocycles. The van der Waals surface area contributed by atoms with Crippen LogP contribution in [0.15, 0.2) is 24.3 Å². The van der Waals surface area contributed by atoms with Gasteiger partial charge in [0.2, 0.25) is 5.91 Å². The van der Waals surface area contributed by atoms with Crippen LogP contribution in [0, 0.1) is 0 Å². The maximum absolute atomic E-state index is 11.7. The predicted molar refractivity (Wildman–Crippen MR) is 81.4 cm³/mol. The van der Waals surface area contributed by atoms with Gasteiger partial charge in [-0.05, 0) is 17.0 Å². The summed E-state index contributed by atoms with van der Waals surface area (Å²) in [6.07, 6.45) is 1.43. The van der Waals surface area contributed by atoms with E-state index < -0.39 is 0 Å². The molecule has 1 aliphatic heterocycles. The highest BCUT2D eigenvalue weighted by molar-refractivity contribution is 5.79. The number of hydrogen-bond acceptors (Lipinski definition) is 3. The van der Waals surface area contributed by atoms with Gasteiger partial charge in [0.05, 0.1) is 13.1 Å². The zero-order valence-electron chi connectivity index (χ0n) is 13.0. The Morgan fingerprint density at radius 2 is 2.00 bits per heavy atom. The van der Waals surface area contributed by atoms with Crippen molar-refractivity contribution in [2.75, 3.05) is 13.1 Å². The van der Waals surface area contributed by atoms with Crippen molar-refractivity contribution < 1.29 is 14.3 Å². The molecule has 1 aromatic carbocycles. The molecule has 0 saturated carbocycles.